The maximum Gasteiger partial charge on any atom is 0.0571 e. The minimum Gasteiger partial charge on any atom is -0.396 e. The molecule has 0 amide bonds. The molecule has 1 heterocycles. The quantitative estimate of drug-likeness (QED) is 0.661. The highest BCUT2D eigenvalue weighted by molar-refractivity contribution is 4.71. The highest BCUT2D eigenvalue weighted by atomic mass is 16.5. The largest absolute Gasteiger partial charge is 0.396 e. The van der Waals surface area contributed by atoms with Gasteiger partial charge in [-0.05, 0) is 45.1 Å². The van der Waals surface area contributed by atoms with E-state index in [-0.39, 0.29) is 6.61 Å². The number of ether oxygens (including phenoxy) is 1. The molecule has 2 N–H and O–H groups in total. The van der Waals surface area contributed by atoms with Gasteiger partial charge in [0.05, 0.1) is 12.7 Å². The van der Waals surface area contributed by atoms with E-state index in [0.717, 1.165) is 52.1 Å². The summed E-state index contributed by atoms with van der Waals surface area (Å²) < 4.78 is 4.99. The summed E-state index contributed by atoms with van der Waals surface area (Å²) in [5.74, 6) is 0. The minimum atomic E-state index is 0.274. The van der Waals surface area contributed by atoms with Crippen molar-refractivity contribution in [3.05, 3.63) is 0 Å². The maximum absolute atomic E-state index is 8.81. The predicted octanol–water partition coefficient (Wildman–Crippen LogP) is 2.36. The van der Waals surface area contributed by atoms with Crippen molar-refractivity contribution in [2.45, 2.75) is 64.9 Å². The molecule has 146 valence electrons. The summed E-state index contributed by atoms with van der Waals surface area (Å²) >= 11 is 0. The molecule has 0 bridgehead atoms. The fourth-order valence-corrected chi connectivity index (χ4v) is 2.61. The zero-order valence-electron chi connectivity index (χ0n) is 16.4. The zero-order chi connectivity index (χ0) is 18.0. The van der Waals surface area contributed by atoms with Crippen LogP contribution in [0.1, 0.15) is 58.8 Å². The summed E-state index contributed by atoms with van der Waals surface area (Å²) in [5.41, 5.74) is 0. The lowest BCUT2D eigenvalue weighted by atomic mass is 9.96. The van der Waals surface area contributed by atoms with E-state index in [0.29, 0.717) is 12.7 Å². The van der Waals surface area contributed by atoms with Crippen molar-refractivity contribution in [3.63, 3.8) is 0 Å². The Kier molecular flexibility index (Phi) is 17.5. The van der Waals surface area contributed by atoms with Crippen LogP contribution < -0.4 is 0 Å². The topological polar surface area (TPSA) is 56.2 Å². The number of aliphatic hydroxyl groups is 2. The Hall–Kier alpha value is -0.200. The maximum atomic E-state index is 8.81. The van der Waals surface area contributed by atoms with E-state index in [1.54, 1.807) is 7.11 Å². The summed E-state index contributed by atoms with van der Waals surface area (Å²) in [6.07, 6.45) is 9.08. The first kappa shape index (κ1) is 23.8. The van der Waals surface area contributed by atoms with Crippen LogP contribution in [-0.2, 0) is 4.74 Å². The summed E-state index contributed by atoms with van der Waals surface area (Å²) in [6, 6.07) is 0. The molecule has 1 saturated carbocycles. The third-order valence-corrected chi connectivity index (χ3v) is 4.40. The van der Waals surface area contributed by atoms with Crippen LogP contribution in [0.5, 0.6) is 0 Å². The summed E-state index contributed by atoms with van der Waals surface area (Å²) in [7, 11) is 1.78. The molecule has 24 heavy (non-hydrogen) atoms. The van der Waals surface area contributed by atoms with Crippen LogP contribution in [0.4, 0.5) is 0 Å². The molecule has 0 spiro atoms. The molecule has 2 aliphatic rings. The van der Waals surface area contributed by atoms with Crippen molar-refractivity contribution in [3.8, 4) is 0 Å². The highest BCUT2D eigenvalue weighted by Gasteiger charge is 2.15. The first-order valence-electron chi connectivity index (χ1n) is 9.90. The molecule has 0 unspecified atom stereocenters. The van der Waals surface area contributed by atoms with Gasteiger partial charge in [0, 0.05) is 46.4 Å². The fraction of sp³-hybridized carbons (Fsp3) is 1.00. The zero-order valence-corrected chi connectivity index (χ0v) is 16.4. The van der Waals surface area contributed by atoms with Gasteiger partial charge in [0.1, 0.15) is 0 Å². The van der Waals surface area contributed by atoms with Gasteiger partial charge in [-0.15, -0.1) is 0 Å². The van der Waals surface area contributed by atoms with Crippen LogP contribution in [0.3, 0.4) is 0 Å². The lowest BCUT2D eigenvalue weighted by Crippen LogP contribution is -2.47. The number of hydrogen-bond acceptors (Lipinski definition) is 5. The van der Waals surface area contributed by atoms with Crippen molar-refractivity contribution < 1.29 is 14.9 Å². The van der Waals surface area contributed by atoms with Crippen LogP contribution >= 0.6 is 0 Å². The summed E-state index contributed by atoms with van der Waals surface area (Å²) in [4.78, 5) is 4.79. The number of rotatable bonds is 8. The second kappa shape index (κ2) is 17.6. The number of aliphatic hydroxyl groups excluding tert-OH is 2. The van der Waals surface area contributed by atoms with Gasteiger partial charge in [0.25, 0.3) is 0 Å². The average Bonchev–Trinajstić information content (AvgIpc) is 2.54. The smallest absolute Gasteiger partial charge is 0.0571 e. The summed E-state index contributed by atoms with van der Waals surface area (Å²) in [6.45, 7) is 11.2. The molecule has 0 aromatic carbocycles. The lowest BCUT2D eigenvalue weighted by Gasteiger charge is -2.34. The van der Waals surface area contributed by atoms with Crippen LogP contribution in [0.15, 0.2) is 0 Å². The van der Waals surface area contributed by atoms with E-state index >= 15 is 0 Å². The fourth-order valence-electron chi connectivity index (χ4n) is 2.61. The number of β-amino-alcohol motifs (C(OH)–C–C–N with tert-alkyl or cyclic N) is 1. The molecule has 2 fully saturated rings. The Labute approximate surface area is 150 Å². The van der Waals surface area contributed by atoms with E-state index in [9.17, 15) is 0 Å². The third kappa shape index (κ3) is 13.1. The van der Waals surface area contributed by atoms with Crippen LogP contribution in [-0.4, -0.2) is 85.7 Å². The minimum absolute atomic E-state index is 0.274. The van der Waals surface area contributed by atoms with Gasteiger partial charge in [-0.2, -0.15) is 0 Å². The molecule has 1 saturated heterocycles. The number of nitrogens with zero attached hydrogens (tertiary/aromatic N) is 2. The Morgan fingerprint density at radius 1 is 0.833 bits per heavy atom. The van der Waals surface area contributed by atoms with Gasteiger partial charge in [-0.25, -0.2) is 0 Å². The number of methoxy groups -OCH3 is 1. The first-order chi connectivity index (χ1) is 11.7. The monoisotopic (exact) mass is 346 g/mol. The Morgan fingerprint density at radius 3 is 1.71 bits per heavy atom. The van der Waals surface area contributed by atoms with Gasteiger partial charge < -0.3 is 19.8 Å². The van der Waals surface area contributed by atoms with Crippen LogP contribution in [0.25, 0.3) is 0 Å². The van der Waals surface area contributed by atoms with Gasteiger partial charge in [0.2, 0.25) is 0 Å². The van der Waals surface area contributed by atoms with Crippen LogP contribution in [0, 0.1) is 0 Å². The molecule has 0 aromatic heterocycles. The van der Waals surface area contributed by atoms with Gasteiger partial charge in [0.15, 0.2) is 0 Å². The van der Waals surface area contributed by atoms with E-state index in [1.165, 1.54) is 32.1 Å². The predicted molar refractivity (Wildman–Crippen MR) is 102 cm³/mol. The number of unbranched alkanes of at least 4 members (excludes halogenated alkanes) is 2. The normalized spacial score (nSPS) is 18.9. The molecular formula is C19H42N2O3. The van der Waals surface area contributed by atoms with Crippen LogP contribution in [0.2, 0.25) is 0 Å². The van der Waals surface area contributed by atoms with E-state index in [1.807, 2.05) is 0 Å². The molecule has 0 radical (unpaired) electrons. The number of hydrogen-bond donors (Lipinski definition) is 2. The Morgan fingerprint density at radius 2 is 1.38 bits per heavy atom. The molecular weight excluding hydrogens is 304 g/mol. The molecule has 1 aliphatic carbocycles. The standard InChI is InChI=1S/C11H24N2O2.C5H10O.C3H8/c14-10-3-1-2-4-12-5-7-13(8-6-12)9-11-15;1-6-5-3-2-4-5;1-3-2/h14-15H,1-11H2;5H,2-4H2,1H3;3H2,1-2H3. The summed E-state index contributed by atoms with van der Waals surface area (Å²) in [5, 5.41) is 17.5. The molecule has 5 nitrogen and oxygen atoms in total. The molecule has 0 aromatic rings. The van der Waals surface area contributed by atoms with E-state index < -0.39 is 0 Å². The lowest BCUT2D eigenvalue weighted by molar-refractivity contribution is 0.0412. The number of piperazine rings is 1. The molecule has 2 rings (SSSR count). The van der Waals surface area contributed by atoms with Crippen molar-refractivity contribution >= 4 is 0 Å². The molecule has 5 heteroatoms. The third-order valence-electron chi connectivity index (χ3n) is 4.40. The Bertz CT molecular complexity index is 237. The second-order valence-corrected chi connectivity index (χ2v) is 6.69. The van der Waals surface area contributed by atoms with Gasteiger partial charge in [-0.3, -0.25) is 4.90 Å². The Balaban J connectivity index is 0.000000482. The van der Waals surface area contributed by atoms with Gasteiger partial charge in [-0.1, -0.05) is 20.3 Å². The van der Waals surface area contributed by atoms with Crippen molar-refractivity contribution in [1.29, 1.82) is 0 Å². The molecule has 0 atom stereocenters. The highest BCUT2D eigenvalue weighted by Crippen LogP contribution is 2.20. The first-order valence-corrected chi connectivity index (χ1v) is 9.90. The van der Waals surface area contributed by atoms with Crippen molar-refractivity contribution in [2.75, 3.05) is 59.6 Å². The average molecular weight is 347 g/mol. The molecule has 1 aliphatic heterocycles. The van der Waals surface area contributed by atoms with E-state index in [2.05, 4.69) is 23.6 Å². The van der Waals surface area contributed by atoms with Crippen molar-refractivity contribution in [2.24, 2.45) is 0 Å². The van der Waals surface area contributed by atoms with Gasteiger partial charge >= 0.3 is 0 Å². The van der Waals surface area contributed by atoms with Crippen molar-refractivity contribution in [1.82, 2.24) is 9.80 Å². The SMILES string of the molecule is CCC.COC1CCC1.OCCCCCN1CCN(CCO)CC1. The second-order valence-electron chi connectivity index (χ2n) is 6.69. The van der Waals surface area contributed by atoms with E-state index in [4.69, 9.17) is 14.9 Å².